The van der Waals surface area contributed by atoms with Gasteiger partial charge in [-0.15, -0.1) is 11.3 Å². The molecule has 0 spiro atoms. The van der Waals surface area contributed by atoms with Crippen molar-refractivity contribution >= 4 is 32.7 Å². The van der Waals surface area contributed by atoms with Gasteiger partial charge in [0.15, 0.2) is 0 Å². The highest BCUT2D eigenvalue weighted by atomic mass is 32.2. The molecule has 4 nitrogen and oxygen atoms in total. The van der Waals surface area contributed by atoms with Crippen LogP contribution in [0.15, 0.2) is 39.9 Å². The second-order valence-corrected chi connectivity index (χ2v) is 8.42. The van der Waals surface area contributed by atoms with Gasteiger partial charge in [0.25, 0.3) is 10.0 Å². The summed E-state index contributed by atoms with van der Waals surface area (Å²) in [5.74, 6) is 0. The van der Waals surface area contributed by atoms with Gasteiger partial charge in [0, 0.05) is 11.1 Å². The maximum Gasteiger partial charge on any atom is 0.271 e. The Hall–Kier alpha value is -1.53. The minimum absolute atomic E-state index is 0.145. The van der Waals surface area contributed by atoms with E-state index in [1.807, 2.05) is 39.0 Å². The van der Waals surface area contributed by atoms with Crippen LogP contribution in [0.3, 0.4) is 0 Å². The molecule has 0 aliphatic heterocycles. The number of sulfonamides is 1. The van der Waals surface area contributed by atoms with Crippen molar-refractivity contribution in [2.75, 3.05) is 10.5 Å². The number of nitrogens with one attached hydrogen (secondary N) is 1. The Kier molecular flexibility index (Phi) is 3.80. The van der Waals surface area contributed by atoms with Gasteiger partial charge in [-0.1, -0.05) is 39.0 Å². The number of anilines is 2. The molecule has 0 atom stereocenters. The molecule has 0 fully saturated rings. The van der Waals surface area contributed by atoms with Gasteiger partial charge >= 0.3 is 0 Å². The zero-order valence-corrected chi connectivity index (χ0v) is 13.3. The number of rotatable bonds is 3. The molecule has 2 aromatic rings. The van der Waals surface area contributed by atoms with Crippen LogP contribution < -0.4 is 10.5 Å². The van der Waals surface area contributed by atoms with Crippen molar-refractivity contribution < 1.29 is 8.42 Å². The highest BCUT2D eigenvalue weighted by Gasteiger charge is 2.22. The SMILES string of the molecule is CC(C)(C)c1ccccc1NS(=O)(=O)c1cc(N)cs1. The third-order valence-electron chi connectivity index (χ3n) is 2.84. The van der Waals surface area contributed by atoms with Crippen molar-refractivity contribution in [1.29, 1.82) is 0 Å². The van der Waals surface area contributed by atoms with Crippen LogP contribution in [-0.2, 0) is 15.4 Å². The molecular weight excluding hydrogens is 292 g/mol. The van der Waals surface area contributed by atoms with Crippen LogP contribution in [0.5, 0.6) is 0 Å². The molecule has 0 unspecified atom stereocenters. The number of thiophene rings is 1. The molecule has 108 valence electrons. The second kappa shape index (κ2) is 5.10. The summed E-state index contributed by atoms with van der Waals surface area (Å²) in [7, 11) is -3.59. The smallest absolute Gasteiger partial charge is 0.271 e. The van der Waals surface area contributed by atoms with E-state index in [0.29, 0.717) is 11.4 Å². The first-order valence-electron chi connectivity index (χ1n) is 6.16. The molecule has 0 amide bonds. The molecular formula is C14H18N2O2S2. The Bertz CT molecular complexity index is 713. The maximum absolute atomic E-state index is 12.3. The maximum atomic E-state index is 12.3. The topological polar surface area (TPSA) is 72.2 Å². The molecule has 6 heteroatoms. The zero-order valence-electron chi connectivity index (χ0n) is 11.7. The molecule has 1 heterocycles. The van der Waals surface area contributed by atoms with Gasteiger partial charge in [-0.3, -0.25) is 4.72 Å². The number of nitrogen functional groups attached to an aromatic ring is 1. The van der Waals surface area contributed by atoms with Crippen LogP contribution >= 0.6 is 11.3 Å². The van der Waals surface area contributed by atoms with E-state index in [1.54, 1.807) is 11.4 Å². The van der Waals surface area contributed by atoms with Gasteiger partial charge in [-0.05, 0) is 23.1 Å². The number of para-hydroxylation sites is 1. The minimum atomic E-state index is -3.59. The Morgan fingerprint density at radius 3 is 2.40 bits per heavy atom. The average Bonchev–Trinajstić information content (AvgIpc) is 2.75. The Morgan fingerprint density at radius 2 is 1.85 bits per heavy atom. The highest BCUT2D eigenvalue weighted by Crippen LogP contribution is 2.31. The summed E-state index contributed by atoms with van der Waals surface area (Å²) in [6.07, 6.45) is 0. The van der Waals surface area contributed by atoms with Crippen molar-refractivity contribution in [2.45, 2.75) is 30.4 Å². The fourth-order valence-electron chi connectivity index (χ4n) is 1.89. The van der Waals surface area contributed by atoms with Crippen molar-refractivity contribution in [2.24, 2.45) is 0 Å². The predicted octanol–water partition coefficient (Wildman–Crippen LogP) is 3.43. The first kappa shape index (κ1) is 14.9. The van der Waals surface area contributed by atoms with E-state index in [0.717, 1.165) is 16.9 Å². The summed E-state index contributed by atoms with van der Waals surface area (Å²) in [5.41, 5.74) is 7.45. The van der Waals surface area contributed by atoms with Crippen molar-refractivity contribution in [3.8, 4) is 0 Å². The van der Waals surface area contributed by atoms with Gasteiger partial charge in [-0.2, -0.15) is 0 Å². The van der Waals surface area contributed by atoms with E-state index in [9.17, 15) is 8.42 Å². The molecule has 0 saturated heterocycles. The van der Waals surface area contributed by atoms with Gasteiger partial charge in [0.05, 0.1) is 5.69 Å². The number of nitrogens with two attached hydrogens (primary N) is 1. The molecule has 0 aliphatic rings. The van der Waals surface area contributed by atoms with Crippen LogP contribution in [0.25, 0.3) is 0 Å². The van der Waals surface area contributed by atoms with Crippen molar-refractivity contribution in [3.63, 3.8) is 0 Å². The van der Waals surface area contributed by atoms with E-state index in [4.69, 9.17) is 5.73 Å². The average molecular weight is 310 g/mol. The van der Waals surface area contributed by atoms with E-state index in [2.05, 4.69) is 4.72 Å². The van der Waals surface area contributed by atoms with E-state index in [1.165, 1.54) is 6.07 Å². The second-order valence-electron chi connectivity index (χ2n) is 5.60. The van der Waals surface area contributed by atoms with Crippen LogP contribution in [0.4, 0.5) is 11.4 Å². The molecule has 0 radical (unpaired) electrons. The largest absolute Gasteiger partial charge is 0.398 e. The monoisotopic (exact) mass is 310 g/mol. The van der Waals surface area contributed by atoms with Crippen LogP contribution in [0, 0.1) is 0 Å². The van der Waals surface area contributed by atoms with Crippen LogP contribution in [-0.4, -0.2) is 8.42 Å². The summed E-state index contributed by atoms with van der Waals surface area (Å²) in [4.78, 5) is 0. The van der Waals surface area contributed by atoms with Gasteiger partial charge in [0.2, 0.25) is 0 Å². The summed E-state index contributed by atoms with van der Waals surface area (Å²) in [6.45, 7) is 6.13. The van der Waals surface area contributed by atoms with Crippen molar-refractivity contribution in [1.82, 2.24) is 0 Å². The first-order chi connectivity index (χ1) is 9.20. The molecule has 20 heavy (non-hydrogen) atoms. The zero-order chi connectivity index (χ0) is 15.0. The molecule has 3 N–H and O–H groups in total. The van der Waals surface area contributed by atoms with E-state index >= 15 is 0 Å². The predicted molar refractivity (Wildman–Crippen MR) is 84.7 cm³/mol. The first-order valence-corrected chi connectivity index (χ1v) is 8.53. The lowest BCUT2D eigenvalue weighted by Crippen LogP contribution is -2.18. The van der Waals surface area contributed by atoms with Gasteiger partial charge in [0.1, 0.15) is 4.21 Å². The summed E-state index contributed by atoms with van der Waals surface area (Å²) < 4.78 is 27.5. The number of hydrogen-bond acceptors (Lipinski definition) is 4. The normalized spacial score (nSPS) is 12.3. The molecule has 1 aromatic heterocycles. The van der Waals surface area contributed by atoms with Crippen LogP contribution in [0.1, 0.15) is 26.3 Å². The minimum Gasteiger partial charge on any atom is -0.398 e. The lowest BCUT2D eigenvalue weighted by molar-refractivity contribution is 0.590. The number of hydrogen-bond donors (Lipinski definition) is 2. The van der Waals surface area contributed by atoms with Crippen molar-refractivity contribution in [3.05, 3.63) is 41.3 Å². The van der Waals surface area contributed by atoms with Gasteiger partial charge < -0.3 is 5.73 Å². The summed E-state index contributed by atoms with van der Waals surface area (Å²) in [5, 5.41) is 1.62. The molecule has 0 aliphatic carbocycles. The lowest BCUT2D eigenvalue weighted by atomic mass is 9.86. The van der Waals surface area contributed by atoms with Gasteiger partial charge in [-0.25, -0.2) is 8.42 Å². The lowest BCUT2D eigenvalue weighted by Gasteiger charge is -2.23. The number of benzene rings is 1. The highest BCUT2D eigenvalue weighted by molar-refractivity contribution is 7.94. The third kappa shape index (κ3) is 3.13. The van der Waals surface area contributed by atoms with E-state index in [-0.39, 0.29) is 9.62 Å². The fourth-order valence-corrected chi connectivity index (χ4v) is 4.05. The van der Waals surface area contributed by atoms with E-state index < -0.39 is 10.0 Å². The summed E-state index contributed by atoms with van der Waals surface area (Å²) in [6, 6.07) is 8.89. The fraction of sp³-hybridized carbons (Fsp3) is 0.286. The quantitative estimate of drug-likeness (QED) is 0.912. The Balaban J connectivity index is 2.40. The standard InChI is InChI=1S/C14H18N2O2S2/c1-14(2,3)11-6-4-5-7-12(11)16-20(17,18)13-8-10(15)9-19-13/h4-9,16H,15H2,1-3H3. The Labute approximate surface area is 123 Å². The molecule has 0 saturated carbocycles. The molecule has 0 bridgehead atoms. The Morgan fingerprint density at radius 1 is 1.20 bits per heavy atom. The summed E-state index contributed by atoms with van der Waals surface area (Å²) >= 11 is 1.11. The third-order valence-corrected chi connectivity index (χ3v) is 5.66. The molecule has 2 rings (SSSR count). The molecule has 1 aromatic carbocycles. The van der Waals surface area contributed by atoms with Crippen LogP contribution in [0.2, 0.25) is 0 Å².